The number of amides is 1. The molecule has 12 nitrogen and oxygen atoms in total. The Kier molecular flexibility index (Phi) is 5.85. The van der Waals surface area contributed by atoms with Gasteiger partial charge in [0.15, 0.2) is 11.6 Å². The number of aliphatic hydroxyl groups excluding tert-OH is 1. The van der Waals surface area contributed by atoms with Gasteiger partial charge in [0.05, 0.1) is 22.2 Å². The summed E-state index contributed by atoms with van der Waals surface area (Å²) in [5.74, 6) is -2.71. The first-order valence-corrected chi connectivity index (χ1v) is 11.4. The lowest BCUT2D eigenvalue weighted by Crippen LogP contribution is -2.43. The van der Waals surface area contributed by atoms with Crippen molar-refractivity contribution in [3.63, 3.8) is 0 Å². The molecule has 2 aliphatic carbocycles. The number of nitrogens with one attached hydrogen (secondary N) is 1. The summed E-state index contributed by atoms with van der Waals surface area (Å²) in [6.07, 6.45) is -3.40. The molecule has 0 saturated carbocycles. The zero-order valence-corrected chi connectivity index (χ0v) is 19.5. The van der Waals surface area contributed by atoms with Crippen molar-refractivity contribution in [2.45, 2.75) is 24.5 Å². The quantitative estimate of drug-likeness (QED) is 0.152. The average Bonchev–Trinajstić information content (AvgIpc) is 2.88. The molecule has 0 spiro atoms. The second-order valence-corrected chi connectivity index (χ2v) is 9.17. The molecule has 0 saturated heterocycles. The minimum Gasteiger partial charge on any atom is -0.507 e. The van der Waals surface area contributed by atoms with Crippen molar-refractivity contribution in [3.8, 4) is 11.5 Å². The van der Waals surface area contributed by atoms with Gasteiger partial charge in [0, 0.05) is 52.9 Å². The van der Waals surface area contributed by atoms with E-state index in [0.717, 1.165) is 0 Å². The van der Waals surface area contributed by atoms with E-state index >= 15 is 0 Å². The van der Waals surface area contributed by atoms with Gasteiger partial charge >= 0.3 is 6.09 Å². The van der Waals surface area contributed by atoms with Crippen LogP contribution in [0.4, 0.5) is 16.2 Å². The van der Waals surface area contributed by atoms with E-state index in [1.54, 1.807) is 12.1 Å². The summed E-state index contributed by atoms with van der Waals surface area (Å²) in [5.41, 5.74) is -3.00. The minimum atomic E-state index is -1.91. The fourth-order valence-electron chi connectivity index (χ4n) is 4.91. The number of carbonyl (C=O) groups is 3. The Morgan fingerprint density at radius 2 is 1.61 bits per heavy atom. The van der Waals surface area contributed by atoms with Gasteiger partial charge in [-0.05, 0) is 12.1 Å². The van der Waals surface area contributed by atoms with Crippen molar-refractivity contribution in [2.24, 2.45) is 0 Å². The minimum absolute atomic E-state index is 0.0394. The fraction of sp³-hybridized carbons (Fsp3) is 0.192. The highest BCUT2D eigenvalue weighted by molar-refractivity contribution is 6.30. The number of nitrogens with zero attached hydrogens (tertiary/aromatic N) is 1. The Labute approximate surface area is 213 Å². The second kappa shape index (κ2) is 8.94. The lowest BCUT2D eigenvalue weighted by atomic mass is 9.73. The third-order valence-corrected chi connectivity index (χ3v) is 6.67. The number of non-ortho nitro benzene ring substituents is 1. The number of phenols is 2. The van der Waals surface area contributed by atoms with Crippen LogP contribution in [0, 0.1) is 10.1 Å². The highest BCUT2D eigenvalue weighted by Crippen LogP contribution is 2.50. The van der Waals surface area contributed by atoms with Gasteiger partial charge in [-0.1, -0.05) is 24.3 Å². The first-order valence-electron chi connectivity index (χ1n) is 11.4. The van der Waals surface area contributed by atoms with E-state index in [2.05, 4.69) is 5.32 Å². The van der Waals surface area contributed by atoms with E-state index in [4.69, 9.17) is 4.74 Å². The van der Waals surface area contributed by atoms with Crippen molar-refractivity contribution in [3.05, 3.63) is 92.0 Å². The SMILES string of the molecule is O=C(Nc1ccc([N+](=O)[O-])cc1)OC[C@]1(O)Cc2c(O)c3c(c(O)c2[C@@H](O)C1)C(=O)c1ccccc1C3=O. The topological polar surface area (TPSA) is 197 Å². The molecule has 12 heteroatoms. The molecule has 2 atom stereocenters. The number of nitro benzene ring substituents is 1. The molecule has 194 valence electrons. The normalized spacial score (nSPS) is 19.7. The molecular weight excluding hydrogens is 500 g/mol. The van der Waals surface area contributed by atoms with E-state index < -0.39 is 76.4 Å². The molecule has 0 fully saturated rings. The lowest BCUT2D eigenvalue weighted by molar-refractivity contribution is -0.384. The van der Waals surface area contributed by atoms with Crippen LogP contribution in [0.2, 0.25) is 0 Å². The summed E-state index contributed by atoms with van der Waals surface area (Å²) in [7, 11) is 0. The summed E-state index contributed by atoms with van der Waals surface area (Å²) < 4.78 is 5.09. The van der Waals surface area contributed by atoms with Gasteiger partial charge in [-0.25, -0.2) is 4.79 Å². The largest absolute Gasteiger partial charge is 0.507 e. The molecule has 3 aromatic rings. The molecule has 0 unspecified atom stereocenters. The van der Waals surface area contributed by atoms with Crippen LogP contribution in [0.25, 0.3) is 0 Å². The summed E-state index contributed by atoms with van der Waals surface area (Å²) in [6, 6.07) is 10.9. The number of hydrogen-bond acceptors (Lipinski definition) is 10. The predicted molar refractivity (Wildman–Crippen MR) is 129 cm³/mol. The van der Waals surface area contributed by atoms with Crippen molar-refractivity contribution in [1.29, 1.82) is 0 Å². The Morgan fingerprint density at radius 1 is 1.03 bits per heavy atom. The van der Waals surface area contributed by atoms with Crippen LogP contribution in [0.3, 0.4) is 0 Å². The second-order valence-electron chi connectivity index (χ2n) is 9.17. The zero-order valence-electron chi connectivity index (χ0n) is 19.5. The van der Waals surface area contributed by atoms with Crippen LogP contribution >= 0.6 is 0 Å². The maximum atomic E-state index is 13.1. The smallest absolute Gasteiger partial charge is 0.411 e. The van der Waals surface area contributed by atoms with E-state index in [-0.39, 0.29) is 33.6 Å². The highest BCUT2D eigenvalue weighted by Gasteiger charge is 2.45. The molecule has 0 heterocycles. The molecule has 3 aromatic carbocycles. The number of ether oxygens (including phenoxy) is 1. The van der Waals surface area contributed by atoms with Crippen LogP contribution in [0.1, 0.15) is 55.5 Å². The van der Waals surface area contributed by atoms with E-state index in [0.29, 0.717) is 0 Å². The summed E-state index contributed by atoms with van der Waals surface area (Å²) in [5, 5.41) is 57.0. The number of aliphatic hydroxyl groups is 2. The number of aromatic hydroxyl groups is 2. The standard InChI is InChI=1S/C26H20N2O10/c29-17-10-26(35,11-38-25(34)27-12-5-7-13(8-6-12)28(36)37)9-16-18(17)24(33)20-19(23(16)32)21(30)14-3-1-2-4-15(14)22(20)31/h1-8,17,29,32-33,35H,9-11H2,(H,27,34)/t17-,26-/m0/s1. The monoisotopic (exact) mass is 520 g/mol. The fourth-order valence-corrected chi connectivity index (χ4v) is 4.91. The number of nitro groups is 1. The van der Waals surface area contributed by atoms with Crippen LogP contribution < -0.4 is 5.32 Å². The van der Waals surface area contributed by atoms with Gasteiger partial charge in [-0.3, -0.25) is 25.0 Å². The average molecular weight is 520 g/mol. The third-order valence-electron chi connectivity index (χ3n) is 6.67. The molecule has 0 aromatic heterocycles. The Balaban J connectivity index is 1.40. The first-order chi connectivity index (χ1) is 18.0. The van der Waals surface area contributed by atoms with Crippen molar-refractivity contribution in [1.82, 2.24) is 0 Å². The predicted octanol–water partition coefficient (Wildman–Crippen LogP) is 2.74. The molecule has 1 amide bonds. The number of phenolic OH excluding ortho intramolecular Hbond substituents is 2. The van der Waals surface area contributed by atoms with Crippen molar-refractivity contribution >= 4 is 29.0 Å². The number of anilines is 1. The van der Waals surface area contributed by atoms with Crippen molar-refractivity contribution in [2.75, 3.05) is 11.9 Å². The molecule has 0 bridgehead atoms. The molecule has 0 aliphatic heterocycles. The van der Waals surface area contributed by atoms with E-state index in [9.17, 15) is 44.9 Å². The molecule has 5 N–H and O–H groups in total. The summed E-state index contributed by atoms with van der Waals surface area (Å²) >= 11 is 0. The molecule has 38 heavy (non-hydrogen) atoms. The van der Waals surface area contributed by atoms with Gasteiger partial charge in [-0.15, -0.1) is 0 Å². The van der Waals surface area contributed by atoms with Gasteiger partial charge in [0.1, 0.15) is 23.7 Å². The Hall–Kier alpha value is -4.81. The number of carbonyl (C=O) groups excluding carboxylic acids is 3. The van der Waals surface area contributed by atoms with Crippen LogP contribution in [0.15, 0.2) is 48.5 Å². The number of rotatable bonds is 4. The van der Waals surface area contributed by atoms with Gasteiger partial charge in [-0.2, -0.15) is 0 Å². The van der Waals surface area contributed by atoms with Crippen LogP contribution in [-0.4, -0.2) is 55.2 Å². The highest BCUT2D eigenvalue weighted by atomic mass is 16.6. The number of benzene rings is 3. The number of fused-ring (bicyclic) bond motifs is 3. The van der Waals surface area contributed by atoms with Crippen molar-refractivity contribution < 1.29 is 44.5 Å². The number of ketones is 2. The lowest BCUT2D eigenvalue weighted by Gasteiger charge is -2.37. The maximum absolute atomic E-state index is 13.1. The maximum Gasteiger partial charge on any atom is 0.411 e. The van der Waals surface area contributed by atoms with Crippen LogP contribution in [0.5, 0.6) is 11.5 Å². The van der Waals surface area contributed by atoms with Crippen LogP contribution in [-0.2, 0) is 11.2 Å². The zero-order chi connectivity index (χ0) is 27.4. The molecule has 0 radical (unpaired) electrons. The summed E-state index contributed by atoms with van der Waals surface area (Å²) in [6.45, 7) is -0.644. The molecule has 2 aliphatic rings. The van der Waals surface area contributed by atoms with E-state index in [1.165, 1.54) is 36.4 Å². The van der Waals surface area contributed by atoms with E-state index in [1.807, 2.05) is 0 Å². The first kappa shape index (κ1) is 24.9. The molecular formula is C26H20N2O10. The van der Waals surface area contributed by atoms with Gasteiger partial charge in [0.25, 0.3) is 5.69 Å². The van der Waals surface area contributed by atoms with Gasteiger partial charge < -0.3 is 25.2 Å². The third kappa shape index (κ3) is 4.01. The molecule has 5 rings (SSSR count). The van der Waals surface area contributed by atoms with Gasteiger partial charge in [0.2, 0.25) is 0 Å². The Morgan fingerprint density at radius 3 is 2.18 bits per heavy atom. The Bertz CT molecular complexity index is 1530. The summed E-state index contributed by atoms with van der Waals surface area (Å²) in [4.78, 5) is 48.6. The number of hydrogen-bond donors (Lipinski definition) is 5.